The number of alkyl carbamates (subject to hydrolysis) is 1. The lowest BCUT2D eigenvalue weighted by Crippen LogP contribution is -2.53. The van der Waals surface area contributed by atoms with Crippen LogP contribution >= 0.6 is 0 Å². The summed E-state index contributed by atoms with van der Waals surface area (Å²) >= 11 is 0. The van der Waals surface area contributed by atoms with Crippen molar-refractivity contribution in [1.82, 2.24) is 15.6 Å². The number of rotatable bonds is 11. The van der Waals surface area contributed by atoms with Gasteiger partial charge < -0.3 is 31.5 Å². The number of ether oxygens (including phenoxy) is 1. The molecule has 8 nitrogen and oxygen atoms in total. The van der Waals surface area contributed by atoms with Gasteiger partial charge in [0.15, 0.2) is 0 Å². The van der Waals surface area contributed by atoms with Crippen molar-refractivity contribution in [3.63, 3.8) is 0 Å². The molecular formula is C23H36F3N5O3. The number of amides is 1. The van der Waals surface area contributed by atoms with E-state index in [1.807, 2.05) is 0 Å². The zero-order valence-corrected chi connectivity index (χ0v) is 19.9. The van der Waals surface area contributed by atoms with Gasteiger partial charge >= 0.3 is 12.3 Å². The number of hydrogen-bond acceptors (Lipinski definition) is 7. The molecule has 0 aliphatic heterocycles. The molecule has 2 fully saturated rings. The highest BCUT2D eigenvalue weighted by Crippen LogP contribution is 2.51. The van der Waals surface area contributed by atoms with Crippen LogP contribution in [0, 0.1) is 17.8 Å². The van der Waals surface area contributed by atoms with Gasteiger partial charge in [-0.1, -0.05) is 0 Å². The maximum absolute atomic E-state index is 12.6. The van der Waals surface area contributed by atoms with E-state index in [-0.39, 0.29) is 12.5 Å². The van der Waals surface area contributed by atoms with Crippen LogP contribution in [-0.2, 0) is 11.3 Å². The number of aliphatic hydroxyl groups excluding tert-OH is 1. The van der Waals surface area contributed by atoms with E-state index in [4.69, 9.17) is 10.5 Å². The average molecular weight is 488 g/mol. The van der Waals surface area contributed by atoms with Gasteiger partial charge in [-0.2, -0.15) is 13.2 Å². The SMILES string of the molecule is CC(C)(C)OC(=O)N[C@H](C(O)Nc1cc(CNCC(N)C(F)(F)F)ccn1)C(C1CC1)C1CC1. The highest BCUT2D eigenvalue weighted by molar-refractivity contribution is 5.68. The molecule has 6 N–H and O–H groups in total. The second kappa shape index (κ2) is 10.7. The van der Waals surface area contributed by atoms with Crippen LogP contribution in [0.5, 0.6) is 0 Å². The lowest BCUT2D eigenvalue weighted by atomic mass is 9.88. The molecule has 1 amide bonds. The Kier molecular flexibility index (Phi) is 8.30. The third-order valence-electron chi connectivity index (χ3n) is 6.00. The number of aliphatic hydroxyl groups is 1. The lowest BCUT2D eigenvalue weighted by molar-refractivity contribution is -0.146. The Balaban J connectivity index is 1.64. The molecule has 2 saturated carbocycles. The van der Waals surface area contributed by atoms with Gasteiger partial charge in [-0.15, -0.1) is 0 Å². The molecular weight excluding hydrogens is 451 g/mol. The Bertz CT molecular complexity index is 813. The van der Waals surface area contributed by atoms with Crippen molar-refractivity contribution in [3.05, 3.63) is 23.9 Å². The molecule has 0 saturated heterocycles. The van der Waals surface area contributed by atoms with E-state index in [0.29, 0.717) is 23.2 Å². The summed E-state index contributed by atoms with van der Waals surface area (Å²) in [6, 6.07) is 0.791. The molecule has 192 valence electrons. The molecule has 11 heteroatoms. The van der Waals surface area contributed by atoms with Gasteiger partial charge in [0.2, 0.25) is 0 Å². The molecule has 0 spiro atoms. The fourth-order valence-corrected chi connectivity index (χ4v) is 4.16. The quantitative estimate of drug-likeness (QED) is 0.304. The standard InChI is InChI=1S/C23H36F3N5O3/c1-22(2,3)34-21(33)31-19(18(14-4-5-14)15-6-7-15)20(32)30-17-10-13(8-9-29-17)11-28-12-16(27)23(24,25)26/h8-10,14-16,18-20,28,32H,4-7,11-12,27H2,1-3H3,(H,29,30)(H,31,33)/t16?,19-,20?/m0/s1. The smallest absolute Gasteiger partial charge is 0.408 e. The zero-order valence-electron chi connectivity index (χ0n) is 19.9. The highest BCUT2D eigenvalue weighted by Gasteiger charge is 2.48. The van der Waals surface area contributed by atoms with Crippen molar-refractivity contribution < 1.29 is 27.8 Å². The lowest BCUT2D eigenvalue weighted by Gasteiger charge is -2.33. The average Bonchev–Trinajstić information content (AvgIpc) is 3.60. The number of nitrogens with zero attached hydrogens (tertiary/aromatic N) is 1. The summed E-state index contributed by atoms with van der Waals surface area (Å²) in [7, 11) is 0. The number of aromatic nitrogens is 1. The van der Waals surface area contributed by atoms with Crippen LogP contribution in [0.1, 0.15) is 52.0 Å². The normalized spacial score (nSPS) is 19.4. The van der Waals surface area contributed by atoms with E-state index < -0.39 is 42.7 Å². The minimum absolute atomic E-state index is 0.128. The Hall–Kier alpha value is -2.11. The molecule has 3 rings (SSSR count). The van der Waals surface area contributed by atoms with Gasteiger partial charge in [-0.3, -0.25) is 0 Å². The van der Waals surface area contributed by atoms with Gasteiger partial charge in [0.1, 0.15) is 23.7 Å². The summed E-state index contributed by atoms with van der Waals surface area (Å²) in [5.74, 6) is 1.38. The summed E-state index contributed by atoms with van der Waals surface area (Å²) in [4.78, 5) is 16.7. The molecule has 3 atom stereocenters. The molecule has 1 aromatic rings. The number of anilines is 1. The second-order valence-electron chi connectivity index (χ2n) is 10.3. The van der Waals surface area contributed by atoms with Crippen molar-refractivity contribution in [1.29, 1.82) is 0 Å². The number of nitrogens with one attached hydrogen (secondary N) is 3. The number of halogens is 3. The molecule has 1 aromatic heterocycles. The van der Waals surface area contributed by atoms with Gasteiger partial charge in [-0.05, 0) is 81.9 Å². The molecule has 2 aliphatic rings. The van der Waals surface area contributed by atoms with Gasteiger partial charge in [0.05, 0.1) is 6.04 Å². The fourth-order valence-electron chi connectivity index (χ4n) is 4.16. The fraction of sp³-hybridized carbons (Fsp3) is 0.739. The number of alkyl halides is 3. The minimum Gasteiger partial charge on any atom is -0.444 e. The summed E-state index contributed by atoms with van der Waals surface area (Å²) in [6.45, 7) is 5.08. The highest BCUT2D eigenvalue weighted by atomic mass is 19.4. The third-order valence-corrected chi connectivity index (χ3v) is 6.00. The van der Waals surface area contributed by atoms with E-state index in [9.17, 15) is 23.1 Å². The van der Waals surface area contributed by atoms with Crippen LogP contribution in [0.25, 0.3) is 0 Å². The van der Waals surface area contributed by atoms with Crippen molar-refractivity contribution >= 4 is 11.9 Å². The van der Waals surface area contributed by atoms with Crippen LogP contribution < -0.4 is 21.7 Å². The predicted octanol–water partition coefficient (Wildman–Crippen LogP) is 3.12. The molecule has 0 radical (unpaired) electrons. The zero-order chi connectivity index (χ0) is 25.1. The van der Waals surface area contributed by atoms with Gasteiger partial charge in [0, 0.05) is 19.3 Å². The Morgan fingerprint density at radius 1 is 1.24 bits per heavy atom. The number of nitrogens with two attached hydrogens (primary N) is 1. The van der Waals surface area contributed by atoms with Crippen LogP contribution in [0.2, 0.25) is 0 Å². The molecule has 0 aromatic carbocycles. The summed E-state index contributed by atoms with van der Waals surface area (Å²) < 4.78 is 43.1. The second-order valence-corrected chi connectivity index (χ2v) is 10.3. The van der Waals surface area contributed by atoms with Crippen LogP contribution in [0.3, 0.4) is 0 Å². The summed E-state index contributed by atoms with van der Waals surface area (Å²) in [5.41, 5.74) is 5.13. The topological polar surface area (TPSA) is 122 Å². The first-order valence-corrected chi connectivity index (χ1v) is 11.8. The number of pyridine rings is 1. The van der Waals surface area contributed by atoms with Gasteiger partial charge in [0.25, 0.3) is 0 Å². The number of carbonyl (C=O) groups excluding carboxylic acids is 1. The summed E-state index contributed by atoms with van der Waals surface area (Å²) in [6.07, 6.45) is -0.382. The molecule has 2 aliphatic carbocycles. The van der Waals surface area contributed by atoms with Gasteiger partial charge in [-0.25, -0.2) is 9.78 Å². The van der Waals surface area contributed by atoms with Crippen molar-refractivity contribution in [3.8, 4) is 0 Å². The van der Waals surface area contributed by atoms with E-state index >= 15 is 0 Å². The van der Waals surface area contributed by atoms with E-state index in [0.717, 1.165) is 25.7 Å². The maximum Gasteiger partial charge on any atom is 0.408 e. The first-order chi connectivity index (χ1) is 15.8. The number of carbonyl (C=O) groups is 1. The molecule has 0 bridgehead atoms. The first kappa shape index (κ1) is 26.5. The number of hydrogen-bond donors (Lipinski definition) is 5. The maximum atomic E-state index is 12.6. The third kappa shape index (κ3) is 8.28. The predicted molar refractivity (Wildman–Crippen MR) is 122 cm³/mol. The van der Waals surface area contributed by atoms with Crippen LogP contribution in [0.4, 0.5) is 23.8 Å². The van der Waals surface area contributed by atoms with Crippen molar-refractivity contribution in [2.45, 2.75) is 83.1 Å². The Morgan fingerprint density at radius 3 is 2.38 bits per heavy atom. The molecule has 2 unspecified atom stereocenters. The first-order valence-electron chi connectivity index (χ1n) is 11.8. The van der Waals surface area contributed by atoms with E-state index in [1.165, 1.54) is 6.20 Å². The summed E-state index contributed by atoms with van der Waals surface area (Å²) in [5, 5.41) is 19.6. The monoisotopic (exact) mass is 487 g/mol. The Morgan fingerprint density at radius 2 is 1.85 bits per heavy atom. The van der Waals surface area contributed by atoms with E-state index in [1.54, 1.807) is 32.9 Å². The largest absolute Gasteiger partial charge is 0.444 e. The van der Waals surface area contributed by atoms with Crippen molar-refractivity contribution in [2.24, 2.45) is 23.5 Å². The van der Waals surface area contributed by atoms with E-state index in [2.05, 4.69) is 20.9 Å². The minimum atomic E-state index is -4.46. The van der Waals surface area contributed by atoms with Crippen molar-refractivity contribution in [2.75, 3.05) is 11.9 Å². The Labute approximate surface area is 198 Å². The van der Waals surface area contributed by atoms with Crippen LogP contribution in [0.15, 0.2) is 18.3 Å². The van der Waals surface area contributed by atoms with Crippen LogP contribution in [-0.4, -0.2) is 52.8 Å². The molecule has 34 heavy (non-hydrogen) atoms. The molecule has 1 heterocycles.